The lowest BCUT2D eigenvalue weighted by Gasteiger charge is -2.05. The van der Waals surface area contributed by atoms with Crippen LogP contribution in [0.2, 0.25) is 0 Å². The maximum absolute atomic E-state index is 12.0. The van der Waals surface area contributed by atoms with E-state index in [1.165, 1.54) is 11.3 Å². The standard InChI is InChI=1S/C11H8F3NO4S/c12-11(13,14)5-18-4-6-8(10(16)17)15-9(19-6)7-2-1-3-20-7/h1-3H,4-5H2,(H,16,17). The van der Waals surface area contributed by atoms with Crippen LogP contribution in [0.15, 0.2) is 21.9 Å². The van der Waals surface area contributed by atoms with E-state index in [1.807, 2.05) is 0 Å². The van der Waals surface area contributed by atoms with Crippen molar-refractivity contribution in [3.05, 3.63) is 29.0 Å². The smallest absolute Gasteiger partial charge is 0.411 e. The Hall–Kier alpha value is -1.87. The van der Waals surface area contributed by atoms with Crippen LogP contribution in [0, 0.1) is 0 Å². The van der Waals surface area contributed by atoms with E-state index >= 15 is 0 Å². The van der Waals surface area contributed by atoms with E-state index in [1.54, 1.807) is 17.5 Å². The van der Waals surface area contributed by atoms with E-state index < -0.39 is 31.1 Å². The van der Waals surface area contributed by atoms with Crippen molar-refractivity contribution in [2.75, 3.05) is 6.61 Å². The first-order valence-corrected chi connectivity index (χ1v) is 6.16. The van der Waals surface area contributed by atoms with Gasteiger partial charge in [0.2, 0.25) is 5.89 Å². The van der Waals surface area contributed by atoms with Crippen molar-refractivity contribution in [1.29, 1.82) is 0 Å². The van der Waals surface area contributed by atoms with Crippen molar-refractivity contribution in [1.82, 2.24) is 4.98 Å². The minimum atomic E-state index is -4.49. The van der Waals surface area contributed by atoms with Gasteiger partial charge in [-0.3, -0.25) is 0 Å². The first-order valence-electron chi connectivity index (χ1n) is 5.28. The molecule has 0 fully saturated rings. The largest absolute Gasteiger partial charge is 0.476 e. The number of carbonyl (C=O) groups is 1. The molecule has 0 amide bonds. The van der Waals surface area contributed by atoms with Gasteiger partial charge in [-0.1, -0.05) is 6.07 Å². The number of ether oxygens (including phenoxy) is 1. The molecule has 0 spiro atoms. The summed E-state index contributed by atoms with van der Waals surface area (Å²) in [5.74, 6) is -1.59. The number of thiophene rings is 1. The topological polar surface area (TPSA) is 72.6 Å². The van der Waals surface area contributed by atoms with Gasteiger partial charge in [0.15, 0.2) is 11.5 Å². The molecule has 0 unspecified atom stereocenters. The van der Waals surface area contributed by atoms with Crippen LogP contribution in [0.5, 0.6) is 0 Å². The number of aromatic carboxylic acids is 1. The lowest BCUT2D eigenvalue weighted by atomic mass is 10.3. The lowest BCUT2D eigenvalue weighted by Crippen LogP contribution is -2.17. The summed E-state index contributed by atoms with van der Waals surface area (Å²) < 4.78 is 45.4. The molecule has 2 rings (SSSR count). The number of halogens is 3. The molecular weight excluding hydrogens is 299 g/mol. The van der Waals surface area contributed by atoms with Crippen LogP contribution in [0.4, 0.5) is 13.2 Å². The Balaban J connectivity index is 2.17. The van der Waals surface area contributed by atoms with Gasteiger partial charge in [-0.2, -0.15) is 13.2 Å². The number of carboxylic acids is 1. The molecule has 2 heterocycles. The van der Waals surface area contributed by atoms with Gasteiger partial charge in [0.25, 0.3) is 0 Å². The van der Waals surface area contributed by atoms with Crippen molar-refractivity contribution >= 4 is 17.3 Å². The number of alkyl halides is 3. The summed E-state index contributed by atoms with van der Waals surface area (Å²) in [5, 5.41) is 10.7. The zero-order chi connectivity index (χ0) is 14.8. The minimum absolute atomic E-state index is 0.0445. The predicted octanol–water partition coefficient (Wildman–Crippen LogP) is 3.18. The first kappa shape index (κ1) is 14.5. The summed E-state index contributed by atoms with van der Waals surface area (Å²) >= 11 is 1.27. The molecule has 1 N–H and O–H groups in total. The molecule has 2 aromatic heterocycles. The number of aromatic nitrogens is 1. The number of carboxylic acid groups (broad SMARTS) is 1. The highest BCUT2D eigenvalue weighted by molar-refractivity contribution is 7.13. The molecule has 0 saturated carbocycles. The van der Waals surface area contributed by atoms with Crippen LogP contribution < -0.4 is 0 Å². The van der Waals surface area contributed by atoms with E-state index in [2.05, 4.69) is 9.72 Å². The van der Waals surface area contributed by atoms with E-state index in [4.69, 9.17) is 9.52 Å². The highest BCUT2D eigenvalue weighted by Gasteiger charge is 2.28. The number of hydrogen-bond acceptors (Lipinski definition) is 5. The van der Waals surface area contributed by atoms with Gasteiger partial charge in [-0.05, 0) is 11.4 Å². The number of oxazole rings is 1. The van der Waals surface area contributed by atoms with Crippen LogP contribution in [-0.2, 0) is 11.3 Å². The fourth-order valence-electron chi connectivity index (χ4n) is 1.38. The monoisotopic (exact) mass is 307 g/mol. The highest BCUT2D eigenvalue weighted by atomic mass is 32.1. The number of hydrogen-bond donors (Lipinski definition) is 1. The fourth-order valence-corrected chi connectivity index (χ4v) is 2.03. The van der Waals surface area contributed by atoms with Gasteiger partial charge in [0, 0.05) is 0 Å². The molecule has 0 bridgehead atoms. The highest BCUT2D eigenvalue weighted by Crippen LogP contribution is 2.27. The van der Waals surface area contributed by atoms with E-state index in [0.29, 0.717) is 4.88 Å². The molecule has 0 saturated heterocycles. The molecule has 0 aliphatic carbocycles. The third kappa shape index (κ3) is 3.58. The van der Waals surface area contributed by atoms with Crippen molar-refractivity contribution in [3.63, 3.8) is 0 Å². The third-order valence-corrected chi connectivity index (χ3v) is 2.99. The normalized spacial score (nSPS) is 11.8. The van der Waals surface area contributed by atoms with Crippen LogP contribution in [0.1, 0.15) is 16.2 Å². The molecule has 0 aliphatic heterocycles. The van der Waals surface area contributed by atoms with Crippen LogP contribution in [0.25, 0.3) is 10.8 Å². The summed E-state index contributed by atoms with van der Waals surface area (Å²) in [6.07, 6.45) is -4.49. The Kier molecular flexibility index (Phi) is 4.09. The Bertz CT molecular complexity index is 591. The van der Waals surface area contributed by atoms with Gasteiger partial charge in [0.1, 0.15) is 13.2 Å². The van der Waals surface area contributed by atoms with Crippen molar-refractivity contribution in [3.8, 4) is 10.8 Å². The van der Waals surface area contributed by atoms with Crippen LogP contribution in [-0.4, -0.2) is 28.8 Å². The predicted molar refractivity (Wildman–Crippen MR) is 62.5 cm³/mol. The zero-order valence-electron chi connectivity index (χ0n) is 9.81. The van der Waals surface area contributed by atoms with Gasteiger partial charge >= 0.3 is 12.1 Å². The Morgan fingerprint density at radius 1 is 1.50 bits per heavy atom. The molecular formula is C11H8F3NO4S. The first-order chi connectivity index (χ1) is 9.37. The van der Waals surface area contributed by atoms with Gasteiger partial charge in [-0.25, -0.2) is 9.78 Å². The molecule has 20 heavy (non-hydrogen) atoms. The summed E-state index contributed by atoms with van der Waals surface area (Å²) in [4.78, 5) is 15.3. The quantitative estimate of drug-likeness (QED) is 0.918. The van der Waals surface area contributed by atoms with Crippen molar-refractivity contribution in [2.24, 2.45) is 0 Å². The Morgan fingerprint density at radius 2 is 2.25 bits per heavy atom. The SMILES string of the molecule is O=C(O)c1nc(-c2cccs2)oc1COCC(F)(F)F. The second-order valence-electron chi connectivity index (χ2n) is 3.68. The van der Waals surface area contributed by atoms with Gasteiger partial charge in [-0.15, -0.1) is 11.3 Å². The zero-order valence-corrected chi connectivity index (χ0v) is 10.6. The molecule has 0 atom stereocenters. The van der Waals surface area contributed by atoms with Gasteiger partial charge < -0.3 is 14.3 Å². The second-order valence-corrected chi connectivity index (χ2v) is 4.63. The summed E-state index contributed by atoms with van der Waals surface area (Å²) in [7, 11) is 0. The fraction of sp³-hybridized carbons (Fsp3) is 0.273. The Morgan fingerprint density at radius 3 is 2.80 bits per heavy atom. The van der Waals surface area contributed by atoms with Crippen LogP contribution >= 0.6 is 11.3 Å². The average Bonchev–Trinajstić information content (AvgIpc) is 2.94. The molecule has 0 aromatic carbocycles. The molecule has 0 aliphatic rings. The van der Waals surface area contributed by atoms with E-state index in [0.717, 1.165) is 0 Å². The average molecular weight is 307 g/mol. The van der Waals surface area contributed by atoms with Crippen molar-refractivity contribution in [2.45, 2.75) is 12.8 Å². The maximum atomic E-state index is 12.0. The molecule has 108 valence electrons. The summed E-state index contributed by atoms with van der Waals surface area (Å²) in [6.45, 7) is -2.10. The number of nitrogens with zero attached hydrogens (tertiary/aromatic N) is 1. The molecule has 9 heteroatoms. The van der Waals surface area contributed by atoms with Crippen molar-refractivity contribution < 1.29 is 32.2 Å². The van der Waals surface area contributed by atoms with Gasteiger partial charge in [0.05, 0.1) is 4.88 Å². The summed E-state index contributed by atoms with van der Waals surface area (Å²) in [5.41, 5.74) is -0.449. The van der Waals surface area contributed by atoms with Crippen LogP contribution in [0.3, 0.4) is 0 Å². The minimum Gasteiger partial charge on any atom is -0.476 e. The Labute approximate surface area is 114 Å². The number of rotatable bonds is 5. The maximum Gasteiger partial charge on any atom is 0.411 e. The molecule has 2 aromatic rings. The lowest BCUT2D eigenvalue weighted by molar-refractivity contribution is -0.177. The molecule has 5 nitrogen and oxygen atoms in total. The summed E-state index contributed by atoms with van der Waals surface area (Å²) in [6, 6.07) is 3.37. The van der Waals surface area contributed by atoms with E-state index in [9.17, 15) is 18.0 Å². The molecule has 0 radical (unpaired) electrons. The van der Waals surface area contributed by atoms with E-state index in [-0.39, 0.29) is 11.7 Å². The third-order valence-electron chi connectivity index (χ3n) is 2.13. The second kappa shape index (κ2) is 5.63.